The molecule has 3 heteroatoms. The second-order valence-corrected chi connectivity index (χ2v) is 5.75. The Morgan fingerprint density at radius 1 is 1.05 bits per heavy atom. The molecule has 2 aliphatic rings. The van der Waals surface area contributed by atoms with Gasteiger partial charge >= 0.3 is 0 Å². The number of hydrogen-bond donors (Lipinski definition) is 1. The highest BCUT2D eigenvalue weighted by molar-refractivity contribution is 5.52. The highest BCUT2D eigenvalue weighted by atomic mass is 16.6. The molecule has 0 spiro atoms. The first-order valence-corrected chi connectivity index (χ1v) is 7.53. The summed E-state index contributed by atoms with van der Waals surface area (Å²) in [6, 6.07) is 13.3. The van der Waals surface area contributed by atoms with E-state index in [4.69, 9.17) is 9.47 Å². The van der Waals surface area contributed by atoms with Gasteiger partial charge in [0.25, 0.3) is 0 Å². The molecule has 0 saturated carbocycles. The average molecular weight is 281 g/mol. The van der Waals surface area contributed by atoms with Crippen molar-refractivity contribution >= 4 is 0 Å². The van der Waals surface area contributed by atoms with Crippen LogP contribution in [0.2, 0.25) is 0 Å². The lowest BCUT2D eigenvalue weighted by Gasteiger charge is -2.30. The number of ether oxygens (including phenoxy) is 2. The van der Waals surface area contributed by atoms with Gasteiger partial charge in [-0.05, 0) is 42.2 Å². The first-order valence-electron chi connectivity index (χ1n) is 7.53. The third-order valence-corrected chi connectivity index (χ3v) is 4.23. The molecule has 4 rings (SSSR count). The summed E-state index contributed by atoms with van der Waals surface area (Å²) >= 11 is 0. The molecular weight excluding hydrogens is 262 g/mol. The second-order valence-electron chi connectivity index (χ2n) is 5.75. The molecule has 0 bridgehead atoms. The molecule has 1 N–H and O–H groups in total. The minimum atomic E-state index is 0.240. The van der Waals surface area contributed by atoms with Gasteiger partial charge in [0.2, 0.25) is 0 Å². The van der Waals surface area contributed by atoms with E-state index in [2.05, 4.69) is 48.6 Å². The lowest BCUT2D eigenvalue weighted by molar-refractivity contribution is 0.171. The van der Waals surface area contributed by atoms with Crippen molar-refractivity contribution in [3.63, 3.8) is 0 Å². The topological polar surface area (TPSA) is 30.5 Å². The summed E-state index contributed by atoms with van der Waals surface area (Å²) in [6.07, 6.45) is 1.04. The van der Waals surface area contributed by atoms with Crippen molar-refractivity contribution in [1.82, 2.24) is 5.32 Å². The first kappa shape index (κ1) is 12.7. The SMILES string of the molecule is Cc1cccc(C2NCCc3cc4c(cc32)OCCO4)c1. The van der Waals surface area contributed by atoms with Crippen LogP contribution in [0.15, 0.2) is 36.4 Å². The summed E-state index contributed by atoms with van der Waals surface area (Å²) < 4.78 is 11.4. The molecule has 0 amide bonds. The fraction of sp³-hybridized carbons (Fsp3) is 0.333. The summed E-state index contributed by atoms with van der Waals surface area (Å²) in [5.74, 6) is 1.77. The molecule has 0 radical (unpaired) electrons. The van der Waals surface area contributed by atoms with Gasteiger partial charge in [-0.2, -0.15) is 0 Å². The van der Waals surface area contributed by atoms with E-state index in [0.29, 0.717) is 13.2 Å². The van der Waals surface area contributed by atoms with Crippen LogP contribution in [-0.4, -0.2) is 19.8 Å². The average Bonchev–Trinajstić information content (AvgIpc) is 2.52. The van der Waals surface area contributed by atoms with Crippen LogP contribution in [0.1, 0.15) is 28.3 Å². The Kier molecular flexibility index (Phi) is 3.08. The van der Waals surface area contributed by atoms with E-state index in [0.717, 1.165) is 24.5 Å². The highest BCUT2D eigenvalue weighted by Gasteiger charge is 2.25. The van der Waals surface area contributed by atoms with Crippen LogP contribution in [0.5, 0.6) is 11.5 Å². The van der Waals surface area contributed by atoms with Gasteiger partial charge in [0, 0.05) is 6.54 Å². The summed E-state index contributed by atoms with van der Waals surface area (Å²) in [4.78, 5) is 0. The largest absolute Gasteiger partial charge is 0.486 e. The van der Waals surface area contributed by atoms with Crippen molar-refractivity contribution in [3.05, 3.63) is 58.7 Å². The molecule has 0 fully saturated rings. The molecule has 2 heterocycles. The van der Waals surface area contributed by atoms with Crippen LogP contribution < -0.4 is 14.8 Å². The van der Waals surface area contributed by atoms with Crippen LogP contribution in [0.25, 0.3) is 0 Å². The van der Waals surface area contributed by atoms with Gasteiger partial charge in [-0.1, -0.05) is 29.8 Å². The van der Waals surface area contributed by atoms with Crippen molar-refractivity contribution < 1.29 is 9.47 Å². The summed E-state index contributed by atoms with van der Waals surface area (Å²) in [6.45, 7) is 4.40. The van der Waals surface area contributed by atoms with E-state index >= 15 is 0 Å². The predicted molar refractivity (Wildman–Crippen MR) is 82.2 cm³/mol. The van der Waals surface area contributed by atoms with Gasteiger partial charge in [0.05, 0.1) is 6.04 Å². The monoisotopic (exact) mass is 281 g/mol. The zero-order valence-corrected chi connectivity index (χ0v) is 12.2. The second kappa shape index (κ2) is 5.08. The van der Waals surface area contributed by atoms with Crippen LogP contribution in [0.3, 0.4) is 0 Å². The summed E-state index contributed by atoms with van der Waals surface area (Å²) in [7, 11) is 0. The lowest BCUT2D eigenvalue weighted by Crippen LogP contribution is -2.31. The van der Waals surface area contributed by atoms with Gasteiger partial charge in [-0.25, -0.2) is 0 Å². The van der Waals surface area contributed by atoms with E-state index in [9.17, 15) is 0 Å². The third kappa shape index (κ3) is 2.28. The Morgan fingerprint density at radius 3 is 2.67 bits per heavy atom. The molecule has 2 aromatic carbocycles. The molecule has 0 saturated heterocycles. The molecule has 2 aromatic rings. The summed E-state index contributed by atoms with van der Waals surface area (Å²) in [5.41, 5.74) is 5.28. The van der Waals surface area contributed by atoms with Gasteiger partial charge in [-0.3, -0.25) is 0 Å². The normalized spacial score (nSPS) is 20.0. The zero-order valence-electron chi connectivity index (χ0n) is 12.2. The molecular formula is C18H19NO2. The Balaban J connectivity index is 1.80. The van der Waals surface area contributed by atoms with Crippen molar-refractivity contribution in [2.45, 2.75) is 19.4 Å². The molecule has 1 atom stereocenters. The van der Waals surface area contributed by atoms with Crippen LogP contribution in [0.4, 0.5) is 0 Å². The fourth-order valence-corrected chi connectivity index (χ4v) is 3.24. The Hall–Kier alpha value is -2.00. The Bertz CT molecular complexity index is 681. The van der Waals surface area contributed by atoms with E-state index in [1.54, 1.807) is 0 Å². The maximum Gasteiger partial charge on any atom is 0.161 e. The van der Waals surface area contributed by atoms with Crippen LogP contribution in [-0.2, 0) is 6.42 Å². The minimum absolute atomic E-state index is 0.240. The van der Waals surface area contributed by atoms with E-state index < -0.39 is 0 Å². The molecule has 0 aliphatic carbocycles. The smallest absolute Gasteiger partial charge is 0.161 e. The third-order valence-electron chi connectivity index (χ3n) is 4.23. The molecule has 108 valence electrons. The highest BCUT2D eigenvalue weighted by Crippen LogP contribution is 2.38. The molecule has 0 aromatic heterocycles. The zero-order chi connectivity index (χ0) is 14.2. The van der Waals surface area contributed by atoms with Crippen molar-refractivity contribution in [2.75, 3.05) is 19.8 Å². The van der Waals surface area contributed by atoms with Crippen molar-refractivity contribution in [3.8, 4) is 11.5 Å². The Morgan fingerprint density at radius 2 is 1.86 bits per heavy atom. The van der Waals surface area contributed by atoms with Crippen molar-refractivity contribution in [2.24, 2.45) is 0 Å². The first-order chi connectivity index (χ1) is 10.3. The molecule has 21 heavy (non-hydrogen) atoms. The number of fused-ring (bicyclic) bond motifs is 2. The quantitative estimate of drug-likeness (QED) is 0.871. The molecule has 2 aliphatic heterocycles. The standard InChI is InChI=1S/C18H19NO2/c1-12-3-2-4-14(9-12)18-15-11-17-16(20-7-8-21-17)10-13(15)5-6-19-18/h2-4,9-11,18-19H,5-8H2,1H3. The van der Waals surface area contributed by atoms with Crippen LogP contribution in [0, 0.1) is 6.92 Å². The fourth-order valence-electron chi connectivity index (χ4n) is 3.24. The van der Waals surface area contributed by atoms with Gasteiger partial charge in [0.15, 0.2) is 11.5 Å². The van der Waals surface area contributed by atoms with E-state index in [1.165, 1.54) is 22.3 Å². The predicted octanol–water partition coefficient (Wildman–Crippen LogP) is 3.00. The number of rotatable bonds is 1. The molecule has 3 nitrogen and oxygen atoms in total. The van der Waals surface area contributed by atoms with Gasteiger partial charge in [-0.15, -0.1) is 0 Å². The number of aryl methyl sites for hydroxylation is 1. The number of hydrogen-bond acceptors (Lipinski definition) is 3. The number of benzene rings is 2. The maximum atomic E-state index is 5.74. The van der Waals surface area contributed by atoms with Gasteiger partial charge in [0.1, 0.15) is 13.2 Å². The van der Waals surface area contributed by atoms with Gasteiger partial charge < -0.3 is 14.8 Å². The lowest BCUT2D eigenvalue weighted by atomic mass is 9.89. The summed E-state index contributed by atoms with van der Waals surface area (Å²) in [5, 5.41) is 3.63. The van der Waals surface area contributed by atoms with Crippen LogP contribution >= 0.6 is 0 Å². The van der Waals surface area contributed by atoms with E-state index in [1.807, 2.05) is 0 Å². The molecule has 1 unspecified atom stereocenters. The Labute approximate surface area is 124 Å². The minimum Gasteiger partial charge on any atom is -0.486 e. The number of nitrogens with one attached hydrogen (secondary N) is 1. The maximum absolute atomic E-state index is 5.74. The van der Waals surface area contributed by atoms with Crippen molar-refractivity contribution in [1.29, 1.82) is 0 Å². The van der Waals surface area contributed by atoms with E-state index in [-0.39, 0.29) is 6.04 Å².